The molecular formula is C13H16N4OS. The van der Waals surface area contributed by atoms with E-state index in [1.54, 1.807) is 18.3 Å². The average molecular weight is 276 g/mol. The smallest absolute Gasteiger partial charge is 0.257 e. The maximum absolute atomic E-state index is 12.3. The van der Waals surface area contributed by atoms with Crippen molar-refractivity contribution >= 4 is 23.1 Å². The van der Waals surface area contributed by atoms with Gasteiger partial charge in [0.05, 0.1) is 6.04 Å². The van der Waals surface area contributed by atoms with Crippen molar-refractivity contribution in [3.8, 4) is 0 Å². The fourth-order valence-electron chi connectivity index (χ4n) is 2.60. The summed E-state index contributed by atoms with van der Waals surface area (Å²) in [5.41, 5.74) is 8.14. The van der Waals surface area contributed by atoms with E-state index in [4.69, 9.17) is 5.73 Å². The van der Waals surface area contributed by atoms with Gasteiger partial charge in [-0.25, -0.2) is 0 Å². The fraction of sp³-hybridized carbons (Fsp3) is 0.385. The van der Waals surface area contributed by atoms with Crippen LogP contribution in [0.2, 0.25) is 0 Å². The normalized spacial score (nSPS) is 18.1. The number of nitrogen functional groups attached to an aromatic ring is 1. The van der Waals surface area contributed by atoms with Crippen LogP contribution in [0.3, 0.4) is 0 Å². The molecule has 1 aliphatic carbocycles. The summed E-state index contributed by atoms with van der Waals surface area (Å²) in [6.07, 6.45) is 3.21. The highest BCUT2D eigenvalue weighted by molar-refractivity contribution is 7.10. The van der Waals surface area contributed by atoms with E-state index in [0.717, 1.165) is 19.3 Å². The third-order valence-electron chi connectivity index (χ3n) is 3.56. The first-order valence-corrected chi connectivity index (χ1v) is 7.22. The topological polar surface area (TPSA) is 83.8 Å². The van der Waals surface area contributed by atoms with E-state index < -0.39 is 0 Å². The van der Waals surface area contributed by atoms with Crippen molar-refractivity contribution in [3.63, 3.8) is 0 Å². The number of nitrogens with zero attached hydrogens (tertiary/aromatic N) is 1. The molecule has 4 N–H and O–H groups in total. The molecule has 0 spiro atoms. The summed E-state index contributed by atoms with van der Waals surface area (Å²) in [5, 5.41) is 11.8. The number of carbonyl (C=O) groups excluding carboxylic acids is 1. The molecule has 2 aromatic rings. The summed E-state index contributed by atoms with van der Waals surface area (Å²) in [6, 6.07) is 2.20. The molecule has 0 aliphatic heterocycles. The second-order valence-electron chi connectivity index (χ2n) is 4.83. The van der Waals surface area contributed by atoms with Crippen molar-refractivity contribution in [3.05, 3.63) is 33.1 Å². The Labute approximate surface area is 115 Å². The Morgan fingerprint density at radius 1 is 1.63 bits per heavy atom. The molecule has 2 heterocycles. The molecule has 0 bridgehead atoms. The molecule has 2 aromatic heterocycles. The first kappa shape index (κ1) is 12.2. The zero-order valence-corrected chi connectivity index (χ0v) is 11.5. The van der Waals surface area contributed by atoms with Gasteiger partial charge in [0.1, 0.15) is 5.56 Å². The Kier molecular flexibility index (Phi) is 3.02. The number of aryl methyl sites for hydroxylation is 2. The summed E-state index contributed by atoms with van der Waals surface area (Å²) < 4.78 is 0. The van der Waals surface area contributed by atoms with Gasteiger partial charge in [0, 0.05) is 10.6 Å². The third kappa shape index (κ3) is 2.12. The maximum Gasteiger partial charge on any atom is 0.257 e. The average Bonchev–Trinajstić information content (AvgIpc) is 2.97. The van der Waals surface area contributed by atoms with Crippen LogP contribution >= 0.6 is 11.3 Å². The van der Waals surface area contributed by atoms with Crippen LogP contribution in [0.5, 0.6) is 0 Å². The van der Waals surface area contributed by atoms with Crippen molar-refractivity contribution in [1.82, 2.24) is 15.5 Å². The molecule has 0 saturated heterocycles. The molecule has 1 unspecified atom stereocenters. The number of thiophene rings is 1. The number of H-pyrrole nitrogens is 1. The van der Waals surface area contributed by atoms with Crippen LogP contribution in [0.1, 0.15) is 45.4 Å². The van der Waals surface area contributed by atoms with Gasteiger partial charge in [-0.05, 0) is 43.2 Å². The molecular weight excluding hydrogens is 260 g/mol. The van der Waals surface area contributed by atoms with Gasteiger partial charge in [0.15, 0.2) is 5.82 Å². The number of fused-ring (bicyclic) bond motifs is 1. The molecule has 100 valence electrons. The van der Waals surface area contributed by atoms with Crippen molar-refractivity contribution in [2.75, 3.05) is 5.73 Å². The lowest BCUT2D eigenvalue weighted by Gasteiger charge is -2.23. The zero-order chi connectivity index (χ0) is 13.4. The first-order chi connectivity index (χ1) is 9.16. The molecule has 1 amide bonds. The highest BCUT2D eigenvalue weighted by atomic mass is 32.1. The van der Waals surface area contributed by atoms with Gasteiger partial charge in [0.25, 0.3) is 5.91 Å². The second kappa shape index (κ2) is 4.70. The van der Waals surface area contributed by atoms with E-state index >= 15 is 0 Å². The van der Waals surface area contributed by atoms with Crippen LogP contribution in [0.15, 0.2) is 11.4 Å². The Morgan fingerprint density at radius 2 is 2.47 bits per heavy atom. The van der Waals surface area contributed by atoms with Crippen LogP contribution in [-0.4, -0.2) is 16.1 Å². The highest BCUT2D eigenvalue weighted by Crippen LogP contribution is 2.33. The predicted molar refractivity (Wildman–Crippen MR) is 75.2 cm³/mol. The number of hydrogen-bond acceptors (Lipinski definition) is 4. The summed E-state index contributed by atoms with van der Waals surface area (Å²) in [4.78, 5) is 13.7. The number of aromatic nitrogens is 2. The standard InChI is InChI=1S/C13H16N4OS/c1-7-11(12(14)17-16-7)13(18)15-9-3-2-4-10-8(9)5-6-19-10/h5-6,9H,2-4H2,1H3,(H,15,18)(H3,14,16,17). The summed E-state index contributed by atoms with van der Waals surface area (Å²) in [6.45, 7) is 1.80. The van der Waals surface area contributed by atoms with Gasteiger partial charge in [-0.15, -0.1) is 11.3 Å². The molecule has 6 heteroatoms. The number of aromatic amines is 1. The molecule has 1 aliphatic rings. The van der Waals surface area contributed by atoms with E-state index in [9.17, 15) is 4.79 Å². The monoisotopic (exact) mass is 276 g/mol. The number of nitrogens with one attached hydrogen (secondary N) is 2. The van der Waals surface area contributed by atoms with Crippen LogP contribution in [0, 0.1) is 6.92 Å². The number of nitrogens with two attached hydrogens (primary N) is 1. The summed E-state index contributed by atoms with van der Waals surface area (Å²) in [7, 11) is 0. The van der Waals surface area contributed by atoms with E-state index in [2.05, 4.69) is 27.0 Å². The van der Waals surface area contributed by atoms with Gasteiger partial charge < -0.3 is 11.1 Å². The fourth-order valence-corrected chi connectivity index (χ4v) is 3.59. The first-order valence-electron chi connectivity index (χ1n) is 6.34. The molecule has 5 nitrogen and oxygen atoms in total. The number of hydrogen-bond donors (Lipinski definition) is 3. The van der Waals surface area contributed by atoms with E-state index in [1.165, 1.54) is 10.4 Å². The van der Waals surface area contributed by atoms with Crippen LogP contribution in [0.4, 0.5) is 5.82 Å². The molecule has 0 aromatic carbocycles. The van der Waals surface area contributed by atoms with Crippen LogP contribution in [0.25, 0.3) is 0 Å². The van der Waals surface area contributed by atoms with Crippen molar-refractivity contribution in [1.29, 1.82) is 0 Å². The lowest BCUT2D eigenvalue weighted by atomic mass is 9.94. The summed E-state index contributed by atoms with van der Waals surface area (Å²) in [5.74, 6) is 0.115. The number of amides is 1. The molecule has 19 heavy (non-hydrogen) atoms. The van der Waals surface area contributed by atoms with Crippen molar-refractivity contribution in [2.45, 2.75) is 32.2 Å². The molecule has 0 saturated carbocycles. The Bertz CT molecular complexity index is 596. The summed E-state index contributed by atoms with van der Waals surface area (Å²) >= 11 is 1.77. The number of anilines is 1. The van der Waals surface area contributed by atoms with Crippen molar-refractivity contribution < 1.29 is 4.79 Å². The number of rotatable bonds is 2. The van der Waals surface area contributed by atoms with Gasteiger partial charge in [0.2, 0.25) is 0 Å². The second-order valence-corrected chi connectivity index (χ2v) is 5.83. The Balaban J connectivity index is 1.82. The van der Waals surface area contributed by atoms with Crippen LogP contribution < -0.4 is 11.1 Å². The van der Waals surface area contributed by atoms with Gasteiger partial charge in [-0.3, -0.25) is 9.89 Å². The Morgan fingerprint density at radius 3 is 3.21 bits per heavy atom. The quantitative estimate of drug-likeness (QED) is 0.786. The van der Waals surface area contributed by atoms with Gasteiger partial charge >= 0.3 is 0 Å². The highest BCUT2D eigenvalue weighted by Gasteiger charge is 2.25. The Hall–Kier alpha value is -1.82. The minimum Gasteiger partial charge on any atom is -0.382 e. The molecule has 0 radical (unpaired) electrons. The van der Waals surface area contributed by atoms with Gasteiger partial charge in [-0.1, -0.05) is 0 Å². The molecule has 1 atom stereocenters. The minimum atomic E-state index is -0.146. The third-order valence-corrected chi connectivity index (χ3v) is 4.56. The lowest BCUT2D eigenvalue weighted by Crippen LogP contribution is -2.31. The molecule has 3 rings (SSSR count). The van der Waals surface area contributed by atoms with Crippen LogP contribution in [-0.2, 0) is 6.42 Å². The maximum atomic E-state index is 12.3. The van der Waals surface area contributed by atoms with E-state index in [1.807, 2.05) is 0 Å². The predicted octanol–water partition coefficient (Wildman–Crippen LogP) is 2.17. The van der Waals surface area contributed by atoms with E-state index in [-0.39, 0.29) is 17.8 Å². The SMILES string of the molecule is Cc1[nH]nc(N)c1C(=O)NC1CCCc2sccc21. The minimum absolute atomic E-state index is 0.0937. The molecule has 0 fully saturated rings. The van der Waals surface area contributed by atoms with Crippen molar-refractivity contribution in [2.24, 2.45) is 0 Å². The zero-order valence-electron chi connectivity index (χ0n) is 10.7. The van der Waals surface area contributed by atoms with Gasteiger partial charge in [-0.2, -0.15) is 5.10 Å². The largest absolute Gasteiger partial charge is 0.382 e. The number of carbonyl (C=O) groups is 1. The van der Waals surface area contributed by atoms with E-state index in [0.29, 0.717) is 11.3 Å². The lowest BCUT2D eigenvalue weighted by molar-refractivity contribution is 0.0933.